The van der Waals surface area contributed by atoms with Gasteiger partial charge in [-0.25, -0.2) is 8.42 Å². The van der Waals surface area contributed by atoms with E-state index < -0.39 is 22.5 Å². The SMILES string of the molecule is CCc1ccc(N(C(=O)COc2cccc(Cl)c2)S(=O)(=O)c2ccc(C)cc2)cc1. The molecule has 0 saturated carbocycles. The van der Waals surface area contributed by atoms with Gasteiger partial charge in [0.15, 0.2) is 6.61 Å². The number of halogens is 1. The zero-order chi connectivity index (χ0) is 21.7. The van der Waals surface area contributed by atoms with Crippen LogP contribution in [0.4, 0.5) is 5.69 Å². The molecule has 156 valence electrons. The summed E-state index contributed by atoms with van der Waals surface area (Å²) >= 11 is 5.94. The number of hydrogen-bond donors (Lipinski definition) is 0. The molecule has 0 radical (unpaired) electrons. The summed E-state index contributed by atoms with van der Waals surface area (Å²) in [6, 6.07) is 19.8. The van der Waals surface area contributed by atoms with E-state index >= 15 is 0 Å². The zero-order valence-corrected chi connectivity index (χ0v) is 18.3. The second-order valence-corrected chi connectivity index (χ2v) is 8.97. The maximum Gasteiger partial charge on any atom is 0.278 e. The zero-order valence-electron chi connectivity index (χ0n) is 16.7. The number of rotatable bonds is 7. The van der Waals surface area contributed by atoms with E-state index in [-0.39, 0.29) is 10.6 Å². The van der Waals surface area contributed by atoms with Crippen LogP contribution in [0.5, 0.6) is 5.75 Å². The van der Waals surface area contributed by atoms with E-state index in [1.807, 2.05) is 13.8 Å². The summed E-state index contributed by atoms with van der Waals surface area (Å²) in [5.41, 5.74) is 2.21. The molecule has 1 amide bonds. The molecule has 0 aromatic heterocycles. The highest BCUT2D eigenvalue weighted by molar-refractivity contribution is 7.93. The van der Waals surface area contributed by atoms with E-state index in [9.17, 15) is 13.2 Å². The lowest BCUT2D eigenvalue weighted by atomic mass is 10.1. The molecule has 5 nitrogen and oxygen atoms in total. The molecule has 0 aliphatic heterocycles. The highest BCUT2D eigenvalue weighted by Gasteiger charge is 2.31. The van der Waals surface area contributed by atoms with Gasteiger partial charge in [0, 0.05) is 5.02 Å². The van der Waals surface area contributed by atoms with Gasteiger partial charge in [-0.15, -0.1) is 0 Å². The van der Waals surface area contributed by atoms with Crippen LogP contribution in [0.2, 0.25) is 5.02 Å². The van der Waals surface area contributed by atoms with Gasteiger partial charge in [-0.3, -0.25) is 4.79 Å². The fourth-order valence-electron chi connectivity index (χ4n) is 2.86. The summed E-state index contributed by atoms with van der Waals surface area (Å²) in [6.45, 7) is 3.41. The average Bonchev–Trinajstić information content (AvgIpc) is 2.73. The molecule has 0 spiro atoms. The Morgan fingerprint density at radius 2 is 1.67 bits per heavy atom. The lowest BCUT2D eigenvalue weighted by Gasteiger charge is -2.23. The minimum atomic E-state index is -4.12. The lowest BCUT2D eigenvalue weighted by Crippen LogP contribution is -2.40. The molecule has 0 heterocycles. The van der Waals surface area contributed by atoms with Crippen LogP contribution in [0.3, 0.4) is 0 Å². The average molecular weight is 444 g/mol. The number of sulfonamides is 1. The number of hydrogen-bond acceptors (Lipinski definition) is 4. The largest absolute Gasteiger partial charge is 0.484 e. The first-order chi connectivity index (χ1) is 14.3. The van der Waals surface area contributed by atoms with Crippen molar-refractivity contribution in [3.05, 3.63) is 88.9 Å². The third-order valence-electron chi connectivity index (χ3n) is 4.52. The quantitative estimate of drug-likeness (QED) is 0.514. The van der Waals surface area contributed by atoms with E-state index in [0.717, 1.165) is 21.9 Å². The smallest absolute Gasteiger partial charge is 0.278 e. The van der Waals surface area contributed by atoms with Gasteiger partial charge in [0.25, 0.3) is 15.9 Å². The molecule has 0 aliphatic carbocycles. The van der Waals surface area contributed by atoms with Gasteiger partial charge < -0.3 is 4.74 Å². The van der Waals surface area contributed by atoms with E-state index in [4.69, 9.17) is 16.3 Å². The number of carbonyl (C=O) groups is 1. The first kappa shape index (κ1) is 21.9. The second-order valence-electron chi connectivity index (χ2n) is 6.74. The van der Waals surface area contributed by atoms with Crippen LogP contribution in [0.15, 0.2) is 77.7 Å². The van der Waals surface area contributed by atoms with E-state index in [1.165, 1.54) is 12.1 Å². The van der Waals surface area contributed by atoms with Crippen molar-refractivity contribution in [2.75, 3.05) is 10.9 Å². The van der Waals surface area contributed by atoms with Crippen molar-refractivity contribution < 1.29 is 17.9 Å². The molecule has 0 bridgehead atoms. The maximum atomic E-state index is 13.3. The summed E-state index contributed by atoms with van der Waals surface area (Å²) in [4.78, 5) is 13.1. The summed E-state index contributed by atoms with van der Waals surface area (Å²) in [5.74, 6) is -0.329. The van der Waals surface area contributed by atoms with Gasteiger partial charge in [-0.2, -0.15) is 4.31 Å². The molecule has 3 aromatic rings. The summed E-state index contributed by atoms with van der Waals surface area (Å²) in [5, 5.41) is 0.458. The van der Waals surface area contributed by atoms with Crippen LogP contribution in [0.1, 0.15) is 18.1 Å². The Kier molecular flexibility index (Phi) is 6.80. The Labute approximate surface area is 181 Å². The number of nitrogens with zero attached hydrogens (tertiary/aromatic N) is 1. The topological polar surface area (TPSA) is 63.7 Å². The van der Waals surface area contributed by atoms with Crippen molar-refractivity contribution in [2.24, 2.45) is 0 Å². The van der Waals surface area contributed by atoms with Crippen LogP contribution < -0.4 is 9.04 Å². The van der Waals surface area contributed by atoms with Gasteiger partial charge >= 0.3 is 0 Å². The highest BCUT2D eigenvalue weighted by atomic mass is 35.5. The molecule has 7 heteroatoms. The standard InChI is InChI=1S/C23H22ClNO4S/c1-3-18-9-11-20(12-10-18)25(30(27,28)22-13-7-17(2)8-14-22)23(26)16-29-21-6-4-5-19(24)15-21/h4-15H,3,16H2,1-2H3. The number of carbonyl (C=O) groups excluding carboxylic acids is 1. The third-order valence-corrected chi connectivity index (χ3v) is 6.52. The van der Waals surface area contributed by atoms with Gasteiger partial charge in [0.05, 0.1) is 10.6 Å². The Balaban J connectivity index is 1.95. The Morgan fingerprint density at radius 1 is 1.00 bits per heavy atom. The van der Waals surface area contributed by atoms with Crippen LogP contribution >= 0.6 is 11.6 Å². The van der Waals surface area contributed by atoms with Crippen molar-refractivity contribution in [2.45, 2.75) is 25.2 Å². The predicted molar refractivity (Wildman–Crippen MR) is 119 cm³/mol. The monoisotopic (exact) mass is 443 g/mol. The molecular weight excluding hydrogens is 422 g/mol. The lowest BCUT2D eigenvalue weighted by molar-refractivity contribution is -0.119. The molecule has 0 atom stereocenters. The summed E-state index contributed by atoms with van der Waals surface area (Å²) < 4.78 is 33.0. The van der Waals surface area contributed by atoms with Gasteiger partial charge in [0.2, 0.25) is 0 Å². The molecule has 30 heavy (non-hydrogen) atoms. The number of ether oxygens (including phenoxy) is 1. The van der Waals surface area contributed by atoms with Crippen molar-refractivity contribution in [3.8, 4) is 5.75 Å². The molecular formula is C23H22ClNO4S. The molecule has 0 saturated heterocycles. The first-order valence-electron chi connectivity index (χ1n) is 9.43. The fraction of sp³-hybridized carbons (Fsp3) is 0.174. The van der Waals surface area contributed by atoms with Crippen LogP contribution in [-0.2, 0) is 21.2 Å². The van der Waals surface area contributed by atoms with Gasteiger partial charge in [-0.05, 0) is 61.4 Å². The minimum Gasteiger partial charge on any atom is -0.484 e. The number of amides is 1. The number of anilines is 1. The molecule has 3 aromatic carbocycles. The Morgan fingerprint density at radius 3 is 2.27 bits per heavy atom. The molecule has 0 N–H and O–H groups in total. The second kappa shape index (κ2) is 9.32. The van der Waals surface area contributed by atoms with E-state index in [0.29, 0.717) is 10.8 Å². The minimum absolute atomic E-state index is 0.0313. The Hall–Kier alpha value is -2.83. The molecule has 0 fully saturated rings. The normalized spacial score (nSPS) is 11.2. The van der Waals surface area contributed by atoms with Crippen molar-refractivity contribution in [1.29, 1.82) is 0 Å². The maximum absolute atomic E-state index is 13.3. The number of aryl methyl sites for hydroxylation is 2. The van der Waals surface area contributed by atoms with Gasteiger partial charge in [-0.1, -0.05) is 54.4 Å². The predicted octanol–water partition coefficient (Wildman–Crippen LogP) is 5.01. The van der Waals surface area contributed by atoms with Crippen LogP contribution in [0.25, 0.3) is 0 Å². The summed E-state index contributed by atoms with van der Waals surface area (Å²) in [6.07, 6.45) is 0.802. The first-order valence-corrected chi connectivity index (χ1v) is 11.2. The van der Waals surface area contributed by atoms with Gasteiger partial charge in [0.1, 0.15) is 5.75 Å². The van der Waals surface area contributed by atoms with Crippen molar-refractivity contribution in [1.82, 2.24) is 0 Å². The molecule has 0 aliphatic rings. The third kappa shape index (κ3) is 5.01. The van der Waals surface area contributed by atoms with Crippen LogP contribution in [-0.4, -0.2) is 20.9 Å². The van der Waals surface area contributed by atoms with Crippen LogP contribution in [0, 0.1) is 6.92 Å². The molecule has 0 unspecified atom stereocenters. The van der Waals surface area contributed by atoms with E-state index in [1.54, 1.807) is 60.7 Å². The Bertz CT molecular complexity index is 1130. The summed E-state index contributed by atoms with van der Waals surface area (Å²) in [7, 11) is -4.12. The van der Waals surface area contributed by atoms with Crippen molar-refractivity contribution >= 4 is 33.2 Å². The highest BCUT2D eigenvalue weighted by Crippen LogP contribution is 2.25. The number of benzene rings is 3. The fourth-order valence-corrected chi connectivity index (χ4v) is 4.45. The van der Waals surface area contributed by atoms with E-state index in [2.05, 4.69) is 0 Å². The van der Waals surface area contributed by atoms with Crippen molar-refractivity contribution in [3.63, 3.8) is 0 Å². The molecule has 3 rings (SSSR count).